The quantitative estimate of drug-likeness (QED) is 0.872. The maximum atomic E-state index is 12.1. The van der Waals surface area contributed by atoms with Crippen LogP contribution in [0.2, 0.25) is 0 Å². The van der Waals surface area contributed by atoms with Crippen LogP contribution < -0.4 is 5.56 Å². The molecule has 6 nitrogen and oxygen atoms in total. The lowest BCUT2D eigenvalue weighted by Gasteiger charge is -2.23. The van der Waals surface area contributed by atoms with Gasteiger partial charge >= 0.3 is 5.97 Å². The van der Waals surface area contributed by atoms with Gasteiger partial charge in [-0.25, -0.2) is 4.79 Å². The molecule has 2 heterocycles. The molecule has 0 spiro atoms. The molecule has 2 atom stereocenters. The second-order valence-electron chi connectivity index (χ2n) is 5.12. The predicted octanol–water partition coefficient (Wildman–Crippen LogP) is 0.560. The predicted molar refractivity (Wildman–Crippen MR) is 72.2 cm³/mol. The largest absolute Gasteiger partial charge is 0.480 e. The van der Waals surface area contributed by atoms with E-state index >= 15 is 0 Å². The number of amides is 1. The summed E-state index contributed by atoms with van der Waals surface area (Å²) in [5.74, 6) is -1.20. The van der Waals surface area contributed by atoms with E-state index in [2.05, 4.69) is 0 Å². The highest BCUT2D eigenvalue weighted by molar-refractivity contribution is 5.84. The maximum absolute atomic E-state index is 12.1. The van der Waals surface area contributed by atoms with Crippen LogP contribution in [0.15, 0.2) is 29.2 Å². The summed E-state index contributed by atoms with van der Waals surface area (Å²) in [6, 6.07) is 4.06. The van der Waals surface area contributed by atoms with Gasteiger partial charge in [0.05, 0.1) is 0 Å². The van der Waals surface area contributed by atoms with Crippen LogP contribution in [0.4, 0.5) is 0 Å². The molecule has 1 fully saturated rings. The summed E-state index contributed by atoms with van der Waals surface area (Å²) < 4.78 is 1.45. The number of aromatic nitrogens is 1. The number of carboxylic acids is 1. The number of carbonyl (C=O) groups excluding carboxylic acids is 1. The van der Waals surface area contributed by atoms with Gasteiger partial charge in [0.2, 0.25) is 5.91 Å². The van der Waals surface area contributed by atoms with E-state index < -0.39 is 12.0 Å². The highest BCUT2D eigenvalue weighted by atomic mass is 16.4. The Kier molecular flexibility index (Phi) is 4.22. The minimum Gasteiger partial charge on any atom is -0.480 e. The van der Waals surface area contributed by atoms with Gasteiger partial charge in [0.25, 0.3) is 5.56 Å². The fourth-order valence-corrected chi connectivity index (χ4v) is 2.61. The van der Waals surface area contributed by atoms with Gasteiger partial charge in [-0.1, -0.05) is 13.0 Å². The fraction of sp³-hybridized carbons (Fsp3) is 0.500. The van der Waals surface area contributed by atoms with Crippen molar-refractivity contribution in [1.29, 1.82) is 0 Å². The number of carbonyl (C=O) groups is 2. The number of aliphatic carboxylic acids is 1. The topological polar surface area (TPSA) is 79.6 Å². The van der Waals surface area contributed by atoms with Crippen LogP contribution in [-0.4, -0.2) is 39.0 Å². The molecule has 108 valence electrons. The van der Waals surface area contributed by atoms with E-state index in [9.17, 15) is 19.5 Å². The summed E-state index contributed by atoms with van der Waals surface area (Å²) in [6.07, 6.45) is 2.46. The van der Waals surface area contributed by atoms with Crippen molar-refractivity contribution >= 4 is 11.9 Å². The average molecular weight is 278 g/mol. The number of nitrogens with zero attached hydrogens (tertiary/aromatic N) is 2. The van der Waals surface area contributed by atoms with Crippen molar-refractivity contribution in [2.24, 2.45) is 5.92 Å². The molecule has 0 radical (unpaired) electrons. The Labute approximate surface area is 116 Å². The highest BCUT2D eigenvalue weighted by Crippen LogP contribution is 2.24. The third-order valence-corrected chi connectivity index (χ3v) is 3.74. The van der Waals surface area contributed by atoms with Crippen molar-refractivity contribution in [1.82, 2.24) is 9.47 Å². The molecule has 0 saturated carbocycles. The van der Waals surface area contributed by atoms with E-state index in [0.29, 0.717) is 13.0 Å². The molecule has 0 bridgehead atoms. The number of likely N-dealkylation sites (tertiary alicyclic amines) is 1. The molecule has 6 heteroatoms. The first kappa shape index (κ1) is 14.3. The maximum Gasteiger partial charge on any atom is 0.326 e. The van der Waals surface area contributed by atoms with Crippen LogP contribution >= 0.6 is 0 Å². The molecule has 1 saturated heterocycles. The number of hydrogen-bond donors (Lipinski definition) is 1. The van der Waals surface area contributed by atoms with Crippen molar-refractivity contribution in [3.8, 4) is 0 Å². The Morgan fingerprint density at radius 2 is 2.15 bits per heavy atom. The van der Waals surface area contributed by atoms with Gasteiger partial charge in [-0.05, 0) is 18.4 Å². The third kappa shape index (κ3) is 2.89. The third-order valence-electron chi connectivity index (χ3n) is 3.74. The minimum absolute atomic E-state index is 0.0316. The lowest BCUT2D eigenvalue weighted by atomic mass is 10.0. The van der Waals surface area contributed by atoms with Crippen LogP contribution in [0.25, 0.3) is 0 Å². The molecule has 20 heavy (non-hydrogen) atoms. The van der Waals surface area contributed by atoms with Crippen molar-refractivity contribution in [2.45, 2.75) is 32.4 Å². The van der Waals surface area contributed by atoms with Crippen LogP contribution in [-0.2, 0) is 16.1 Å². The molecule has 2 rings (SSSR count). The summed E-state index contributed by atoms with van der Waals surface area (Å²) in [5.41, 5.74) is -0.162. The smallest absolute Gasteiger partial charge is 0.326 e. The SMILES string of the molecule is CC1CCN(C(=O)CCn2ccccc2=O)C1C(=O)O. The van der Waals surface area contributed by atoms with E-state index in [1.807, 2.05) is 6.92 Å². The Bertz CT molecular complexity index is 566. The summed E-state index contributed by atoms with van der Waals surface area (Å²) in [4.78, 5) is 36.3. The van der Waals surface area contributed by atoms with Gasteiger partial charge in [0.15, 0.2) is 0 Å². The molecule has 1 amide bonds. The summed E-state index contributed by atoms with van der Waals surface area (Å²) in [7, 11) is 0. The fourth-order valence-electron chi connectivity index (χ4n) is 2.61. The average Bonchev–Trinajstić information content (AvgIpc) is 2.79. The number of carboxylic acid groups (broad SMARTS) is 1. The van der Waals surface area contributed by atoms with Crippen LogP contribution in [0.1, 0.15) is 19.8 Å². The van der Waals surface area contributed by atoms with Crippen LogP contribution in [0.3, 0.4) is 0 Å². The van der Waals surface area contributed by atoms with Crippen molar-refractivity contribution < 1.29 is 14.7 Å². The van der Waals surface area contributed by atoms with Gasteiger partial charge < -0.3 is 14.6 Å². The second kappa shape index (κ2) is 5.90. The zero-order valence-electron chi connectivity index (χ0n) is 11.4. The number of rotatable bonds is 4. The Morgan fingerprint density at radius 1 is 1.40 bits per heavy atom. The van der Waals surface area contributed by atoms with Gasteiger partial charge in [-0.15, -0.1) is 0 Å². The first-order valence-corrected chi connectivity index (χ1v) is 6.68. The second-order valence-corrected chi connectivity index (χ2v) is 5.12. The van der Waals surface area contributed by atoms with Gasteiger partial charge in [-0.3, -0.25) is 9.59 Å². The van der Waals surface area contributed by atoms with Gasteiger partial charge in [-0.2, -0.15) is 0 Å². The van der Waals surface area contributed by atoms with Crippen molar-refractivity contribution in [3.63, 3.8) is 0 Å². The summed E-state index contributed by atoms with van der Waals surface area (Å²) in [5, 5.41) is 9.18. The standard InChI is InChI=1S/C14H18N2O4/c1-10-5-9-16(13(10)14(19)20)12(18)6-8-15-7-3-2-4-11(15)17/h2-4,7,10,13H,5-6,8-9H2,1H3,(H,19,20). The van der Waals surface area contributed by atoms with E-state index in [1.54, 1.807) is 18.3 Å². The van der Waals surface area contributed by atoms with Crippen LogP contribution in [0.5, 0.6) is 0 Å². The summed E-state index contributed by atoms with van der Waals surface area (Å²) >= 11 is 0. The zero-order valence-corrected chi connectivity index (χ0v) is 11.4. The van der Waals surface area contributed by atoms with E-state index in [0.717, 1.165) is 0 Å². The number of pyridine rings is 1. The molecule has 0 aromatic carbocycles. The molecule has 1 aliphatic heterocycles. The molecule has 1 aromatic heterocycles. The highest BCUT2D eigenvalue weighted by Gasteiger charge is 2.39. The Hall–Kier alpha value is -2.11. The van der Waals surface area contributed by atoms with Gasteiger partial charge in [0, 0.05) is 31.8 Å². The van der Waals surface area contributed by atoms with Gasteiger partial charge in [0.1, 0.15) is 6.04 Å². The van der Waals surface area contributed by atoms with Crippen molar-refractivity contribution in [2.75, 3.05) is 6.54 Å². The molecule has 2 unspecified atom stereocenters. The summed E-state index contributed by atoms with van der Waals surface area (Å²) in [6.45, 7) is 2.59. The molecular formula is C14H18N2O4. The lowest BCUT2D eigenvalue weighted by molar-refractivity contribution is -0.149. The minimum atomic E-state index is -0.958. The first-order valence-electron chi connectivity index (χ1n) is 6.68. The van der Waals surface area contributed by atoms with Crippen molar-refractivity contribution in [3.05, 3.63) is 34.7 Å². The molecule has 1 N–H and O–H groups in total. The normalized spacial score (nSPS) is 21.9. The van der Waals surface area contributed by atoms with Crippen LogP contribution in [0, 0.1) is 5.92 Å². The molecular weight excluding hydrogens is 260 g/mol. The Morgan fingerprint density at radius 3 is 2.80 bits per heavy atom. The first-order chi connectivity index (χ1) is 9.50. The zero-order chi connectivity index (χ0) is 14.7. The van der Waals surface area contributed by atoms with E-state index in [-0.39, 0.29) is 30.3 Å². The van der Waals surface area contributed by atoms with E-state index in [4.69, 9.17) is 0 Å². The van der Waals surface area contributed by atoms with E-state index in [1.165, 1.54) is 15.5 Å². The lowest BCUT2D eigenvalue weighted by Crippen LogP contribution is -2.43. The molecule has 1 aliphatic rings. The molecule has 0 aliphatic carbocycles. The Balaban J connectivity index is 2.00. The monoisotopic (exact) mass is 278 g/mol. The number of hydrogen-bond acceptors (Lipinski definition) is 3. The number of aryl methyl sites for hydroxylation is 1. The molecule has 1 aromatic rings.